The fourth-order valence-corrected chi connectivity index (χ4v) is 1.99. The first-order chi connectivity index (χ1) is 8.89. The second kappa shape index (κ2) is 4.50. The zero-order chi connectivity index (χ0) is 14.2. The van der Waals surface area contributed by atoms with Crippen LogP contribution in [0.4, 0.5) is 0 Å². The van der Waals surface area contributed by atoms with Gasteiger partial charge in [0.05, 0.1) is 19.8 Å². The largest absolute Gasteiger partial charge is 0.507 e. The zero-order valence-electron chi connectivity index (χ0n) is 11.3. The number of carbonyl (C=O) groups is 1. The number of hydrogen-bond acceptors (Lipinski definition) is 5. The normalized spacial score (nSPS) is 15.4. The Morgan fingerprint density at radius 1 is 1.37 bits per heavy atom. The van der Waals surface area contributed by atoms with Gasteiger partial charge in [-0.05, 0) is 26.0 Å². The summed E-state index contributed by atoms with van der Waals surface area (Å²) in [5, 5.41) is 9.97. The van der Waals surface area contributed by atoms with Gasteiger partial charge in [-0.2, -0.15) is 0 Å². The van der Waals surface area contributed by atoms with Crippen LogP contribution in [-0.2, 0) is 4.74 Å². The maximum Gasteiger partial charge on any atom is 0.345 e. The van der Waals surface area contributed by atoms with Gasteiger partial charge < -0.3 is 19.3 Å². The van der Waals surface area contributed by atoms with E-state index in [1.165, 1.54) is 20.3 Å². The first-order valence-corrected chi connectivity index (χ1v) is 5.80. The molecule has 1 aromatic rings. The van der Waals surface area contributed by atoms with Crippen LogP contribution < -0.4 is 9.47 Å². The maximum absolute atomic E-state index is 11.7. The topological polar surface area (TPSA) is 65.0 Å². The highest BCUT2D eigenvalue weighted by Crippen LogP contribution is 2.43. The van der Waals surface area contributed by atoms with Crippen molar-refractivity contribution in [3.63, 3.8) is 0 Å². The Kier molecular flexibility index (Phi) is 3.14. The van der Waals surface area contributed by atoms with Gasteiger partial charge in [-0.3, -0.25) is 0 Å². The summed E-state index contributed by atoms with van der Waals surface area (Å²) >= 11 is 0. The van der Waals surface area contributed by atoms with E-state index >= 15 is 0 Å². The minimum absolute atomic E-state index is 0.00305. The summed E-state index contributed by atoms with van der Waals surface area (Å²) in [5.74, 6) is -0.174. The Bertz CT molecular complexity index is 557. The number of methoxy groups -OCH3 is 2. The van der Waals surface area contributed by atoms with Crippen molar-refractivity contribution in [2.24, 2.45) is 0 Å². The van der Waals surface area contributed by atoms with E-state index in [0.717, 1.165) is 0 Å². The fraction of sp³-hybridized carbons (Fsp3) is 0.357. The third-order valence-corrected chi connectivity index (χ3v) is 2.88. The molecule has 1 aliphatic heterocycles. The highest BCUT2D eigenvalue weighted by atomic mass is 16.5. The van der Waals surface area contributed by atoms with E-state index in [-0.39, 0.29) is 17.1 Å². The van der Waals surface area contributed by atoms with Gasteiger partial charge in [-0.1, -0.05) is 0 Å². The van der Waals surface area contributed by atoms with E-state index in [0.29, 0.717) is 11.3 Å². The molecule has 0 fully saturated rings. The third-order valence-electron chi connectivity index (χ3n) is 2.88. The zero-order valence-corrected chi connectivity index (χ0v) is 11.3. The number of phenols is 1. The lowest BCUT2D eigenvalue weighted by Crippen LogP contribution is -2.27. The maximum atomic E-state index is 11.7. The van der Waals surface area contributed by atoms with Crippen LogP contribution >= 0.6 is 0 Å². The third kappa shape index (κ3) is 2.23. The molecule has 0 saturated heterocycles. The summed E-state index contributed by atoms with van der Waals surface area (Å²) in [4.78, 5) is 11.7. The molecular weight excluding hydrogens is 248 g/mol. The van der Waals surface area contributed by atoms with Crippen molar-refractivity contribution >= 4 is 12.0 Å². The summed E-state index contributed by atoms with van der Waals surface area (Å²) in [5.41, 5.74) is 0.133. The van der Waals surface area contributed by atoms with Crippen LogP contribution in [-0.4, -0.2) is 30.9 Å². The number of rotatable bonds is 2. The smallest absolute Gasteiger partial charge is 0.345 e. The van der Waals surface area contributed by atoms with Gasteiger partial charge in [-0.15, -0.1) is 0 Å². The van der Waals surface area contributed by atoms with E-state index in [2.05, 4.69) is 4.74 Å². The Morgan fingerprint density at radius 2 is 2.05 bits per heavy atom. The van der Waals surface area contributed by atoms with Crippen LogP contribution in [0.5, 0.6) is 17.2 Å². The van der Waals surface area contributed by atoms with E-state index in [9.17, 15) is 9.90 Å². The Balaban J connectivity index is 2.67. The molecule has 1 N–H and O–H groups in total. The van der Waals surface area contributed by atoms with Crippen molar-refractivity contribution in [3.05, 3.63) is 23.3 Å². The summed E-state index contributed by atoms with van der Waals surface area (Å²) in [6, 6.07) is 1.40. The number of hydrogen-bond donors (Lipinski definition) is 1. The molecule has 1 aromatic carbocycles. The highest BCUT2D eigenvalue weighted by molar-refractivity contribution is 5.98. The predicted octanol–water partition coefficient (Wildman–Crippen LogP) is 2.37. The summed E-state index contributed by atoms with van der Waals surface area (Å²) in [6.45, 7) is 3.79. The molecule has 0 unspecified atom stereocenters. The van der Waals surface area contributed by atoms with Crippen molar-refractivity contribution in [2.75, 3.05) is 14.2 Å². The number of carbonyl (C=O) groups excluding carboxylic acids is 1. The summed E-state index contributed by atoms with van der Waals surface area (Å²) in [6.07, 6.45) is 3.67. The van der Waals surface area contributed by atoms with Crippen molar-refractivity contribution in [2.45, 2.75) is 19.4 Å². The van der Waals surface area contributed by atoms with Gasteiger partial charge in [0.2, 0.25) is 0 Å². The molecule has 19 heavy (non-hydrogen) atoms. The highest BCUT2D eigenvalue weighted by Gasteiger charge is 2.29. The Hall–Kier alpha value is -2.17. The second-order valence-electron chi connectivity index (χ2n) is 4.75. The van der Waals surface area contributed by atoms with Crippen molar-refractivity contribution < 1.29 is 24.1 Å². The number of phenolic OH excluding ortho intramolecular Hbond substituents is 1. The second-order valence-corrected chi connectivity index (χ2v) is 4.75. The molecule has 102 valence electrons. The van der Waals surface area contributed by atoms with Gasteiger partial charge in [0, 0.05) is 6.07 Å². The molecule has 5 nitrogen and oxygen atoms in total. The van der Waals surface area contributed by atoms with Crippen molar-refractivity contribution in [1.29, 1.82) is 0 Å². The van der Waals surface area contributed by atoms with Gasteiger partial charge in [0.1, 0.15) is 28.4 Å². The minimum atomic E-state index is -0.657. The molecule has 0 atom stereocenters. The van der Waals surface area contributed by atoms with Crippen LogP contribution in [0.1, 0.15) is 29.8 Å². The quantitative estimate of drug-likeness (QED) is 0.831. The van der Waals surface area contributed by atoms with Crippen molar-refractivity contribution in [1.82, 2.24) is 0 Å². The SMILES string of the molecule is COC(=O)c1c(O)cc2c(c1OC)C=CC(C)(C)O2. The minimum Gasteiger partial charge on any atom is -0.507 e. The van der Waals surface area contributed by atoms with Crippen LogP contribution in [0.3, 0.4) is 0 Å². The number of aromatic hydroxyl groups is 1. The molecule has 0 amide bonds. The number of benzene rings is 1. The lowest BCUT2D eigenvalue weighted by molar-refractivity contribution is 0.0593. The Morgan fingerprint density at radius 3 is 2.63 bits per heavy atom. The average Bonchev–Trinajstić information content (AvgIpc) is 2.34. The summed E-state index contributed by atoms with van der Waals surface area (Å²) in [7, 11) is 2.67. The molecule has 1 aliphatic rings. The molecule has 0 aromatic heterocycles. The average molecular weight is 264 g/mol. The molecule has 0 spiro atoms. The van der Waals surface area contributed by atoms with Crippen LogP contribution in [0.25, 0.3) is 6.08 Å². The fourth-order valence-electron chi connectivity index (χ4n) is 1.99. The molecular formula is C14H16O5. The van der Waals surface area contributed by atoms with Gasteiger partial charge in [0.25, 0.3) is 0 Å². The van der Waals surface area contributed by atoms with Crippen LogP contribution in [0.15, 0.2) is 12.1 Å². The van der Waals surface area contributed by atoms with Crippen LogP contribution in [0.2, 0.25) is 0 Å². The molecule has 1 heterocycles. The number of esters is 1. The van der Waals surface area contributed by atoms with Gasteiger partial charge in [0.15, 0.2) is 0 Å². The number of fused-ring (bicyclic) bond motifs is 1. The first-order valence-electron chi connectivity index (χ1n) is 5.80. The van der Waals surface area contributed by atoms with Gasteiger partial charge in [-0.25, -0.2) is 4.79 Å². The lowest BCUT2D eigenvalue weighted by atomic mass is 9.99. The van der Waals surface area contributed by atoms with E-state index in [4.69, 9.17) is 9.47 Å². The first kappa shape index (κ1) is 13.3. The molecule has 5 heteroatoms. The van der Waals surface area contributed by atoms with Crippen LogP contribution in [0, 0.1) is 0 Å². The molecule has 0 aliphatic carbocycles. The predicted molar refractivity (Wildman–Crippen MR) is 69.7 cm³/mol. The summed E-state index contributed by atoms with van der Waals surface area (Å²) < 4.78 is 15.6. The monoisotopic (exact) mass is 264 g/mol. The van der Waals surface area contributed by atoms with E-state index in [1.54, 1.807) is 0 Å². The van der Waals surface area contributed by atoms with E-state index in [1.807, 2.05) is 26.0 Å². The van der Waals surface area contributed by atoms with Gasteiger partial charge >= 0.3 is 5.97 Å². The molecule has 2 rings (SSSR count). The Labute approximate surface area is 111 Å². The lowest BCUT2D eigenvalue weighted by Gasteiger charge is -2.29. The standard InChI is InChI=1S/C14H16O5/c1-14(2)6-5-8-10(19-14)7-9(15)11(12(8)17-3)13(16)18-4/h5-7,15H,1-4H3. The molecule has 0 saturated carbocycles. The number of ether oxygens (including phenoxy) is 3. The molecule has 0 radical (unpaired) electrons. The van der Waals surface area contributed by atoms with Crippen molar-refractivity contribution in [3.8, 4) is 17.2 Å². The molecule has 0 bridgehead atoms. The van der Waals surface area contributed by atoms with E-state index < -0.39 is 11.6 Å².